The van der Waals surface area contributed by atoms with Gasteiger partial charge in [-0.25, -0.2) is 4.98 Å². The van der Waals surface area contributed by atoms with Crippen LogP contribution in [0.1, 0.15) is 29.7 Å². The van der Waals surface area contributed by atoms with Gasteiger partial charge in [0, 0.05) is 25.6 Å². The minimum Gasteiger partial charge on any atom is -0.378 e. The molecule has 2 fully saturated rings. The van der Waals surface area contributed by atoms with E-state index < -0.39 is 0 Å². The van der Waals surface area contributed by atoms with Crippen molar-refractivity contribution >= 4 is 34.7 Å². The maximum absolute atomic E-state index is 9.58. The molecule has 0 radical (unpaired) electrons. The van der Waals surface area contributed by atoms with Crippen LogP contribution in [0.3, 0.4) is 0 Å². The number of hydrogen-bond acceptors (Lipinski definition) is 8. The number of anilines is 3. The van der Waals surface area contributed by atoms with Crippen molar-refractivity contribution in [2.75, 3.05) is 43.5 Å². The Bertz CT molecular complexity index is 1260. The van der Waals surface area contributed by atoms with Crippen molar-refractivity contribution in [2.24, 2.45) is 0 Å². The molecule has 10 heteroatoms. The number of likely N-dealkylation sites (tertiary alicyclic amines) is 1. The van der Waals surface area contributed by atoms with Gasteiger partial charge < -0.3 is 15.4 Å². The van der Waals surface area contributed by atoms with Gasteiger partial charge in [-0.15, -0.1) is 11.5 Å². The van der Waals surface area contributed by atoms with E-state index in [2.05, 4.69) is 42.6 Å². The van der Waals surface area contributed by atoms with Crippen molar-refractivity contribution < 1.29 is 4.74 Å². The average Bonchev–Trinajstić information content (AvgIpc) is 3.14. The van der Waals surface area contributed by atoms with Crippen molar-refractivity contribution in [2.45, 2.75) is 18.9 Å². The number of rotatable bonds is 6. The summed E-state index contributed by atoms with van der Waals surface area (Å²) >= 11 is 6.79. The molecular weight excluding hydrogens is 428 g/mol. The van der Waals surface area contributed by atoms with Crippen LogP contribution in [-0.4, -0.2) is 63.4 Å². The molecule has 2 aliphatic heterocycles. The zero-order valence-corrected chi connectivity index (χ0v) is 18.2. The average molecular weight is 449 g/mol. The van der Waals surface area contributed by atoms with Gasteiger partial charge in [-0.2, -0.15) is 14.8 Å². The molecule has 5 rings (SSSR count). The van der Waals surface area contributed by atoms with Gasteiger partial charge >= 0.3 is 0 Å². The number of fused-ring (bicyclic) bond motifs is 1. The highest BCUT2D eigenvalue weighted by molar-refractivity contribution is 6.34. The van der Waals surface area contributed by atoms with E-state index in [-0.39, 0.29) is 5.92 Å². The van der Waals surface area contributed by atoms with Crippen molar-refractivity contribution in [3.63, 3.8) is 0 Å². The normalized spacial score (nSPS) is 16.8. The summed E-state index contributed by atoms with van der Waals surface area (Å²) in [6.45, 7) is 5.99. The fraction of sp³-hybridized carbons (Fsp3) is 0.364. The van der Waals surface area contributed by atoms with Gasteiger partial charge in [-0.1, -0.05) is 11.6 Å². The predicted octanol–water partition coefficient (Wildman–Crippen LogP) is 2.60. The largest absolute Gasteiger partial charge is 0.378 e. The monoisotopic (exact) mass is 448 g/mol. The summed E-state index contributed by atoms with van der Waals surface area (Å²) in [5, 5.41) is 21.0. The Labute approximate surface area is 190 Å². The number of hydrogen-bond donors (Lipinski definition) is 2. The van der Waals surface area contributed by atoms with E-state index in [1.54, 1.807) is 16.8 Å². The molecule has 0 bridgehead atoms. The quantitative estimate of drug-likeness (QED) is 0.554. The molecule has 1 aromatic carbocycles. The number of imidazole rings is 1. The molecular formula is C22H21ClN8O. The lowest BCUT2D eigenvalue weighted by atomic mass is 9.88. The first-order chi connectivity index (χ1) is 15.6. The minimum atomic E-state index is 0.263. The van der Waals surface area contributed by atoms with Crippen molar-refractivity contribution in [1.29, 1.82) is 5.26 Å². The molecule has 2 N–H and O–H groups in total. The molecule has 32 heavy (non-hydrogen) atoms. The van der Waals surface area contributed by atoms with E-state index in [1.807, 2.05) is 13.0 Å². The predicted molar refractivity (Wildman–Crippen MR) is 121 cm³/mol. The Morgan fingerprint density at radius 2 is 2.16 bits per heavy atom. The van der Waals surface area contributed by atoms with Crippen molar-refractivity contribution in [3.05, 3.63) is 40.2 Å². The summed E-state index contributed by atoms with van der Waals surface area (Å²) in [7, 11) is 0. The van der Waals surface area contributed by atoms with Crippen LogP contribution in [-0.2, 0) is 4.74 Å². The highest BCUT2D eigenvalue weighted by atomic mass is 35.5. The van der Waals surface area contributed by atoms with E-state index in [4.69, 9.17) is 22.8 Å². The van der Waals surface area contributed by atoms with E-state index in [0.717, 1.165) is 31.9 Å². The zero-order chi connectivity index (χ0) is 22.2. The van der Waals surface area contributed by atoms with Gasteiger partial charge in [0.25, 0.3) is 0 Å². The summed E-state index contributed by atoms with van der Waals surface area (Å²) < 4.78 is 6.84. The van der Waals surface area contributed by atoms with Crippen LogP contribution in [0, 0.1) is 23.7 Å². The van der Waals surface area contributed by atoms with Gasteiger partial charge in [0.2, 0.25) is 5.95 Å². The number of ether oxygens (including phenoxy) is 1. The SMILES string of the molecule is C#Cc1cnc2c(NCC)nc(Nc3cc(C#N)cc(C4CN(C5COC5)C4)c3Cl)nn12. The lowest BCUT2D eigenvalue weighted by Gasteiger charge is -2.47. The summed E-state index contributed by atoms with van der Waals surface area (Å²) in [4.78, 5) is 11.2. The maximum atomic E-state index is 9.58. The second kappa shape index (κ2) is 8.29. The van der Waals surface area contributed by atoms with Crippen LogP contribution in [0.15, 0.2) is 18.3 Å². The molecule has 2 saturated heterocycles. The van der Waals surface area contributed by atoms with Gasteiger partial charge in [0.15, 0.2) is 11.5 Å². The molecule has 0 aliphatic carbocycles. The van der Waals surface area contributed by atoms with Crippen LogP contribution >= 0.6 is 11.6 Å². The lowest BCUT2D eigenvalue weighted by molar-refractivity contribution is -0.0905. The molecule has 0 amide bonds. The van der Waals surface area contributed by atoms with Gasteiger partial charge in [0.1, 0.15) is 5.69 Å². The first-order valence-corrected chi connectivity index (χ1v) is 10.8. The number of nitrogens with zero attached hydrogens (tertiary/aromatic N) is 6. The van der Waals surface area contributed by atoms with Gasteiger partial charge in [0.05, 0.1) is 47.8 Å². The van der Waals surface area contributed by atoms with Crippen LogP contribution < -0.4 is 10.6 Å². The fourth-order valence-electron chi connectivity index (χ4n) is 3.98. The van der Waals surface area contributed by atoms with E-state index >= 15 is 0 Å². The number of benzene rings is 1. The molecule has 0 atom stereocenters. The molecule has 9 nitrogen and oxygen atoms in total. The number of halogens is 1. The van der Waals surface area contributed by atoms with E-state index in [1.165, 1.54) is 0 Å². The van der Waals surface area contributed by atoms with Crippen LogP contribution in [0.5, 0.6) is 0 Å². The maximum Gasteiger partial charge on any atom is 0.247 e. The molecule has 0 saturated carbocycles. The molecule has 2 aromatic heterocycles. The Kier molecular flexibility index (Phi) is 5.32. The first-order valence-electron chi connectivity index (χ1n) is 10.4. The minimum absolute atomic E-state index is 0.263. The van der Waals surface area contributed by atoms with Crippen molar-refractivity contribution in [3.8, 4) is 18.4 Å². The Balaban J connectivity index is 1.48. The van der Waals surface area contributed by atoms with Crippen molar-refractivity contribution in [1.82, 2.24) is 24.5 Å². The number of aromatic nitrogens is 4. The summed E-state index contributed by atoms with van der Waals surface area (Å²) in [6.07, 6.45) is 7.16. The van der Waals surface area contributed by atoms with E-state index in [9.17, 15) is 5.26 Å². The topological polar surface area (TPSA) is 103 Å². The highest BCUT2D eigenvalue weighted by Crippen LogP contribution is 2.39. The molecule has 0 unspecified atom stereocenters. The Morgan fingerprint density at radius 1 is 1.34 bits per heavy atom. The Hall–Kier alpha value is -3.37. The van der Waals surface area contributed by atoms with E-state index in [0.29, 0.717) is 52.0 Å². The summed E-state index contributed by atoms with van der Waals surface area (Å²) in [5.74, 6) is 3.69. The fourth-order valence-corrected chi connectivity index (χ4v) is 4.29. The summed E-state index contributed by atoms with van der Waals surface area (Å²) in [6, 6.07) is 6.30. The van der Waals surface area contributed by atoms with Gasteiger partial charge in [-0.05, 0) is 30.5 Å². The molecule has 0 spiro atoms. The van der Waals surface area contributed by atoms with Crippen LogP contribution in [0.25, 0.3) is 5.65 Å². The van der Waals surface area contributed by atoms with Gasteiger partial charge in [-0.3, -0.25) is 4.90 Å². The molecule has 3 aromatic rings. The van der Waals surface area contributed by atoms with Crippen LogP contribution in [0.2, 0.25) is 5.02 Å². The number of nitriles is 1. The standard InChI is InChI=1S/C22H21ClN8O/c1-3-15-8-26-21-20(25-4-2)28-22(29-31(15)21)27-18-6-13(7-24)5-17(19(18)23)14-9-30(10-14)16-11-32-12-16/h1,5-6,8,14,16H,4,9-12H2,2H3,(H2,25,27,28,29). The molecule has 2 aliphatic rings. The smallest absolute Gasteiger partial charge is 0.247 e. The Morgan fingerprint density at radius 3 is 2.81 bits per heavy atom. The molecule has 4 heterocycles. The second-order valence-electron chi connectivity index (χ2n) is 7.84. The first kappa shape index (κ1) is 20.5. The lowest BCUT2D eigenvalue weighted by Crippen LogP contribution is -2.58. The number of terminal acetylenes is 1. The zero-order valence-electron chi connectivity index (χ0n) is 17.5. The van der Waals surface area contributed by atoms with Crippen LogP contribution in [0.4, 0.5) is 17.5 Å². The third kappa shape index (κ3) is 3.51. The third-order valence-electron chi connectivity index (χ3n) is 5.82. The highest BCUT2D eigenvalue weighted by Gasteiger charge is 2.37. The second-order valence-corrected chi connectivity index (χ2v) is 8.22. The molecule has 162 valence electrons. The third-order valence-corrected chi connectivity index (χ3v) is 6.24. The number of nitrogens with one attached hydrogen (secondary N) is 2. The summed E-state index contributed by atoms with van der Waals surface area (Å²) in [5.41, 5.74) is 3.10.